The van der Waals surface area contributed by atoms with Crippen molar-refractivity contribution < 1.29 is 9.53 Å². The normalized spacial score (nSPS) is 12.6. The summed E-state index contributed by atoms with van der Waals surface area (Å²) in [5, 5.41) is 0. The highest BCUT2D eigenvalue weighted by atomic mass is 79.9. The van der Waals surface area contributed by atoms with Crippen molar-refractivity contribution in [3.8, 4) is 5.75 Å². The molecule has 0 aliphatic heterocycles. The van der Waals surface area contributed by atoms with E-state index in [-0.39, 0.29) is 11.9 Å². The fourth-order valence-corrected chi connectivity index (χ4v) is 1.58. The molecule has 0 bridgehead atoms. The summed E-state index contributed by atoms with van der Waals surface area (Å²) in [4.78, 5) is 11.5. The SMILES string of the molecule is CC(=O)c1cc(Br)ccc1OC(C)C(C)C. The Morgan fingerprint density at radius 1 is 1.31 bits per heavy atom. The zero-order valence-corrected chi connectivity index (χ0v) is 11.7. The summed E-state index contributed by atoms with van der Waals surface area (Å²) in [5.74, 6) is 1.10. The number of Topliss-reactive ketones (excluding diaryl/α,β-unsaturated/α-hetero) is 1. The smallest absolute Gasteiger partial charge is 0.163 e. The monoisotopic (exact) mass is 284 g/mol. The van der Waals surface area contributed by atoms with Gasteiger partial charge in [0.15, 0.2) is 5.78 Å². The summed E-state index contributed by atoms with van der Waals surface area (Å²) < 4.78 is 6.67. The van der Waals surface area contributed by atoms with Crippen LogP contribution in [0.3, 0.4) is 0 Å². The van der Waals surface area contributed by atoms with Gasteiger partial charge >= 0.3 is 0 Å². The van der Waals surface area contributed by atoms with Crippen molar-refractivity contribution in [1.29, 1.82) is 0 Å². The van der Waals surface area contributed by atoms with E-state index in [2.05, 4.69) is 29.8 Å². The first-order chi connectivity index (χ1) is 7.41. The molecule has 2 nitrogen and oxygen atoms in total. The summed E-state index contributed by atoms with van der Waals surface area (Å²) in [6.07, 6.45) is 0.0966. The molecule has 16 heavy (non-hydrogen) atoms. The molecule has 0 heterocycles. The van der Waals surface area contributed by atoms with Crippen LogP contribution in [0.1, 0.15) is 38.1 Å². The van der Waals surface area contributed by atoms with Crippen molar-refractivity contribution in [3.05, 3.63) is 28.2 Å². The van der Waals surface area contributed by atoms with Crippen molar-refractivity contribution in [2.75, 3.05) is 0 Å². The van der Waals surface area contributed by atoms with E-state index in [1.165, 1.54) is 0 Å². The molecular weight excluding hydrogens is 268 g/mol. The molecule has 0 aromatic heterocycles. The molecule has 1 aromatic rings. The molecule has 0 radical (unpaired) electrons. The zero-order valence-electron chi connectivity index (χ0n) is 10.1. The van der Waals surface area contributed by atoms with E-state index >= 15 is 0 Å². The fraction of sp³-hybridized carbons (Fsp3) is 0.462. The molecule has 88 valence electrons. The van der Waals surface area contributed by atoms with Gasteiger partial charge in [-0.25, -0.2) is 0 Å². The van der Waals surface area contributed by atoms with Gasteiger partial charge in [0, 0.05) is 4.47 Å². The fourth-order valence-electron chi connectivity index (χ4n) is 1.22. The predicted octanol–water partition coefficient (Wildman–Crippen LogP) is 4.08. The van der Waals surface area contributed by atoms with Crippen LogP contribution in [-0.2, 0) is 0 Å². The number of ether oxygens (including phenoxy) is 1. The van der Waals surface area contributed by atoms with Crippen molar-refractivity contribution in [2.24, 2.45) is 5.92 Å². The third-order valence-electron chi connectivity index (χ3n) is 2.57. The van der Waals surface area contributed by atoms with Crippen LogP contribution >= 0.6 is 15.9 Å². The molecule has 0 aliphatic rings. The average molecular weight is 285 g/mol. The Balaban J connectivity index is 2.99. The molecule has 1 aromatic carbocycles. The molecule has 1 unspecified atom stereocenters. The van der Waals surface area contributed by atoms with Crippen molar-refractivity contribution in [3.63, 3.8) is 0 Å². The molecule has 0 amide bonds. The van der Waals surface area contributed by atoms with Crippen molar-refractivity contribution >= 4 is 21.7 Å². The van der Waals surface area contributed by atoms with Gasteiger partial charge in [0.1, 0.15) is 5.75 Å². The Labute approximate surface area is 105 Å². The third kappa shape index (κ3) is 3.34. The lowest BCUT2D eigenvalue weighted by Crippen LogP contribution is -2.19. The number of carbonyl (C=O) groups is 1. The largest absolute Gasteiger partial charge is 0.490 e. The predicted molar refractivity (Wildman–Crippen MR) is 69.1 cm³/mol. The lowest BCUT2D eigenvalue weighted by molar-refractivity contribution is 0.100. The van der Waals surface area contributed by atoms with Crippen LogP contribution < -0.4 is 4.74 Å². The number of rotatable bonds is 4. The van der Waals surface area contributed by atoms with Gasteiger partial charge in [0.05, 0.1) is 11.7 Å². The minimum absolute atomic E-state index is 0.0206. The van der Waals surface area contributed by atoms with Gasteiger partial charge in [0.25, 0.3) is 0 Å². The molecular formula is C13H17BrO2. The van der Waals surface area contributed by atoms with E-state index in [1.54, 1.807) is 13.0 Å². The topological polar surface area (TPSA) is 26.3 Å². The molecule has 0 saturated heterocycles. The Bertz CT molecular complexity index is 386. The first-order valence-electron chi connectivity index (χ1n) is 5.39. The standard InChI is InChI=1S/C13H17BrO2/c1-8(2)10(4)16-13-6-5-11(14)7-12(13)9(3)15/h5-8,10H,1-4H3. The number of benzene rings is 1. The molecule has 0 N–H and O–H groups in total. The van der Waals surface area contributed by atoms with E-state index in [9.17, 15) is 4.79 Å². The minimum atomic E-state index is 0.0206. The Morgan fingerprint density at radius 3 is 2.44 bits per heavy atom. The van der Waals surface area contributed by atoms with Crippen LogP contribution in [-0.4, -0.2) is 11.9 Å². The zero-order chi connectivity index (χ0) is 12.3. The van der Waals surface area contributed by atoms with Crippen molar-refractivity contribution in [1.82, 2.24) is 0 Å². The third-order valence-corrected chi connectivity index (χ3v) is 3.07. The maximum absolute atomic E-state index is 11.5. The van der Waals surface area contributed by atoms with Gasteiger partial charge in [-0.3, -0.25) is 4.79 Å². The van der Waals surface area contributed by atoms with Gasteiger partial charge in [-0.2, -0.15) is 0 Å². The molecule has 1 atom stereocenters. The highest BCUT2D eigenvalue weighted by Gasteiger charge is 2.14. The van der Waals surface area contributed by atoms with E-state index < -0.39 is 0 Å². The van der Waals surface area contributed by atoms with E-state index in [1.807, 2.05) is 19.1 Å². The van der Waals surface area contributed by atoms with Gasteiger partial charge in [0.2, 0.25) is 0 Å². The number of ketones is 1. The van der Waals surface area contributed by atoms with Crippen LogP contribution in [0, 0.1) is 5.92 Å². The number of carbonyl (C=O) groups excluding carboxylic acids is 1. The van der Waals surface area contributed by atoms with Gasteiger partial charge < -0.3 is 4.74 Å². The summed E-state index contributed by atoms with van der Waals surface area (Å²) in [6, 6.07) is 5.51. The van der Waals surface area contributed by atoms with Crippen LogP contribution in [0.5, 0.6) is 5.75 Å². The lowest BCUT2D eigenvalue weighted by Gasteiger charge is -2.19. The lowest BCUT2D eigenvalue weighted by atomic mass is 10.1. The van der Waals surface area contributed by atoms with Crippen LogP contribution in [0.25, 0.3) is 0 Å². The quantitative estimate of drug-likeness (QED) is 0.779. The van der Waals surface area contributed by atoms with Gasteiger partial charge in [-0.1, -0.05) is 29.8 Å². The molecule has 1 rings (SSSR count). The van der Waals surface area contributed by atoms with Crippen LogP contribution in [0.2, 0.25) is 0 Å². The second-order valence-corrected chi connectivity index (χ2v) is 5.18. The second kappa shape index (κ2) is 5.48. The first kappa shape index (κ1) is 13.2. The number of hydrogen-bond donors (Lipinski definition) is 0. The Hall–Kier alpha value is -0.830. The molecule has 0 aliphatic carbocycles. The maximum atomic E-state index is 11.5. The second-order valence-electron chi connectivity index (χ2n) is 4.26. The number of halogens is 1. The van der Waals surface area contributed by atoms with E-state index in [0.717, 1.165) is 4.47 Å². The highest BCUT2D eigenvalue weighted by Crippen LogP contribution is 2.25. The van der Waals surface area contributed by atoms with E-state index in [4.69, 9.17) is 4.74 Å². The summed E-state index contributed by atoms with van der Waals surface area (Å²) in [7, 11) is 0. The summed E-state index contributed by atoms with van der Waals surface area (Å²) >= 11 is 3.35. The van der Waals surface area contributed by atoms with Gasteiger partial charge in [-0.05, 0) is 38.0 Å². The molecule has 0 saturated carbocycles. The average Bonchev–Trinajstić information content (AvgIpc) is 2.20. The molecule has 0 spiro atoms. The first-order valence-corrected chi connectivity index (χ1v) is 6.18. The maximum Gasteiger partial charge on any atom is 0.163 e. The van der Waals surface area contributed by atoms with E-state index in [0.29, 0.717) is 17.2 Å². The molecule has 0 fully saturated rings. The summed E-state index contributed by atoms with van der Waals surface area (Å²) in [6.45, 7) is 7.75. The Morgan fingerprint density at radius 2 is 1.94 bits per heavy atom. The number of hydrogen-bond acceptors (Lipinski definition) is 2. The van der Waals surface area contributed by atoms with Gasteiger partial charge in [-0.15, -0.1) is 0 Å². The summed E-state index contributed by atoms with van der Waals surface area (Å²) in [5.41, 5.74) is 0.627. The minimum Gasteiger partial charge on any atom is -0.490 e. The van der Waals surface area contributed by atoms with Crippen LogP contribution in [0.4, 0.5) is 0 Å². The Kier molecular flexibility index (Phi) is 4.54. The van der Waals surface area contributed by atoms with Crippen molar-refractivity contribution in [2.45, 2.75) is 33.8 Å². The van der Waals surface area contributed by atoms with Crippen LogP contribution in [0.15, 0.2) is 22.7 Å². The highest BCUT2D eigenvalue weighted by molar-refractivity contribution is 9.10. The molecule has 3 heteroatoms.